The summed E-state index contributed by atoms with van der Waals surface area (Å²) in [4.78, 5) is 5.65. The Kier molecular flexibility index (Phi) is 3.48. The molecule has 106 valence electrons. The number of aryl methyl sites for hydroxylation is 1. The minimum Gasteiger partial charge on any atom is -0.308 e. The summed E-state index contributed by atoms with van der Waals surface area (Å²) in [6.07, 6.45) is 2.83. The zero-order valence-corrected chi connectivity index (χ0v) is 13.4. The van der Waals surface area contributed by atoms with E-state index in [2.05, 4.69) is 50.0 Å². The van der Waals surface area contributed by atoms with E-state index in [0.29, 0.717) is 17.6 Å². The SMILES string of the molecule is Cc1ccc(C(C)N2CC(C)(C3CC3)NCC2C)s1. The zero-order chi connectivity index (χ0) is 13.6. The number of hydrogen-bond donors (Lipinski definition) is 1. The molecule has 1 aliphatic heterocycles. The predicted octanol–water partition coefficient (Wildman–Crippen LogP) is 3.58. The quantitative estimate of drug-likeness (QED) is 0.909. The molecule has 0 amide bonds. The summed E-state index contributed by atoms with van der Waals surface area (Å²) in [6.45, 7) is 11.7. The van der Waals surface area contributed by atoms with E-state index in [0.717, 1.165) is 12.5 Å². The van der Waals surface area contributed by atoms with E-state index in [-0.39, 0.29) is 0 Å². The van der Waals surface area contributed by atoms with Crippen LogP contribution in [0.3, 0.4) is 0 Å². The number of thiophene rings is 1. The van der Waals surface area contributed by atoms with Gasteiger partial charge in [0.1, 0.15) is 0 Å². The summed E-state index contributed by atoms with van der Waals surface area (Å²) in [5, 5.41) is 3.81. The van der Waals surface area contributed by atoms with Crippen molar-refractivity contribution in [3.8, 4) is 0 Å². The third-order valence-electron chi connectivity index (χ3n) is 5.03. The fourth-order valence-electron chi connectivity index (χ4n) is 3.44. The Bertz CT molecular complexity index is 451. The summed E-state index contributed by atoms with van der Waals surface area (Å²) < 4.78 is 0. The van der Waals surface area contributed by atoms with Gasteiger partial charge in [-0.3, -0.25) is 4.90 Å². The summed E-state index contributed by atoms with van der Waals surface area (Å²) in [5.41, 5.74) is 0.340. The monoisotopic (exact) mass is 278 g/mol. The molecule has 19 heavy (non-hydrogen) atoms. The van der Waals surface area contributed by atoms with E-state index < -0.39 is 0 Å². The molecular formula is C16H26N2S. The first-order valence-electron chi connectivity index (χ1n) is 7.57. The van der Waals surface area contributed by atoms with Crippen LogP contribution in [-0.4, -0.2) is 29.6 Å². The van der Waals surface area contributed by atoms with Crippen molar-refractivity contribution in [3.05, 3.63) is 21.9 Å². The first-order valence-corrected chi connectivity index (χ1v) is 8.38. The highest BCUT2D eigenvalue weighted by molar-refractivity contribution is 7.12. The fraction of sp³-hybridized carbons (Fsp3) is 0.750. The van der Waals surface area contributed by atoms with Crippen molar-refractivity contribution < 1.29 is 0 Å². The summed E-state index contributed by atoms with van der Waals surface area (Å²) in [5.74, 6) is 0.903. The van der Waals surface area contributed by atoms with Crippen LogP contribution in [0.2, 0.25) is 0 Å². The Morgan fingerprint density at radius 1 is 1.42 bits per heavy atom. The number of nitrogens with zero attached hydrogens (tertiary/aromatic N) is 1. The van der Waals surface area contributed by atoms with Crippen LogP contribution in [0, 0.1) is 12.8 Å². The van der Waals surface area contributed by atoms with Crippen LogP contribution in [0.5, 0.6) is 0 Å². The molecule has 1 saturated carbocycles. The van der Waals surface area contributed by atoms with Gasteiger partial charge in [-0.25, -0.2) is 0 Å². The normalized spacial score (nSPS) is 34.4. The second-order valence-electron chi connectivity index (χ2n) is 6.72. The van der Waals surface area contributed by atoms with E-state index in [4.69, 9.17) is 0 Å². The van der Waals surface area contributed by atoms with Crippen LogP contribution in [-0.2, 0) is 0 Å². The van der Waals surface area contributed by atoms with Crippen molar-refractivity contribution in [1.82, 2.24) is 10.2 Å². The van der Waals surface area contributed by atoms with Crippen LogP contribution in [0.15, 0.2) is 12.1 Å². The van der Waals surface area contributed by atoms with Gasteiger partial charge in [-0.2, -0.15) is 0 Å². The number of nitrogens with one attached hydrogen (secondary N) is 1. The molecule has 1 saturated heterocycles. The lowest BCUT2D eigenvalue weighted by Gasteiger charge is -2.48. The Morgan fingerprint density at radius 3 is 2.74 bits per heavy atom. The maximum Gasteiger partial charge on any atom is 0.0417 e. The predicted molar refractivity (Wildman–Crippen MR) is 82.8 cm³/mol. The van der Waals surface area contributed by atoms with Gasteiger partial charge in [-0.05, 0) is 58.6 Å². The van der Waals surface area contributed by atoms with Gasteiger partial charge < -0.3 is 5.32 Å². The van der Waals surface area contributed by atoms with E-state index in [9.17, 15) is 0 Å². The molecule has 3 unspecified atom stereocenters. The van der Waals surface area contributed by atoms with Gasteiger partial charge in [0.05, 0.1) is 0 Å². The van der Waals surface area contributed by atoms with Gasteiger partial charge in [0, 0.05) is 40.5 Å². The lowest BCUT2D eigenvalue weighted by Crippen LogP contribution is -2.63. The summed E-state index contributed by atoms with van der Waals surface area (Å²) >= 11 is 1.95. The van der Waals surface area contributed by atoms with Gasteiger partial charge >= 0.3 is 0 Å². The molecular weight excluding hydrogens is 252 g/mol. The molecule has 2 heterocycles. The van der Waals surface area contributed by atoms with Crippen molar-refractivity contribution in [3.63, 3.8) is 0 Å². The minimum absolute atomic E-state index is 0.340. The van der Waals surface area contributed by atoms with Crippen molar-refractivity contribution >= 4 is 11.3 Å². The Hall–Kier alpha value is -0.380. The second kappa shape index (κ2) is 4.87. The first kappa shape index (κ1) is 13.6. The molecule has 0 aromatic carbocycles. The smallest absolute Gasteiger partial charge is 0.0417 e. The number of piperazine rings is 1. The third kappa shape index (κ3) is 2.61. The van der Waals surface area contributed by atoms with Gasteiger partial charge in [0.15, 0.2) is 0 Å². The molecule has 3 heteroatoms. The number of rotatable bonds is 3. The lowest BCUT2D eigenvalue weighted by atomic mass is 9.90. The van der Waals surface area contributed by atoms with Crippen LogP contribution in [0.1, 0.15) is 49.4 Å². The van der Waals surface area contributed by atoms with E-state index in [1.807, 2.05) is 11.3 Å². The molecule has 0 bridgehead atoms. The summed E-state index contributed by atoms with van der Waals surface area (Å²) in [7, 11) is 0. The zero-order valence-electron chi connectivity index (χ0n) is 12.6. The fourth-order valence-corrected chi connectivity index (χ4v) is 4.39. The molecule has 0 radical (unpaired) electrons. The molecule has 0 spiro atoms. The Labute approximate surface area is 121 Å². The van der Waals surface area contributed by atoms with Gasteiger partial charge in [-0.15, -0.1) is 11.3 Å². The van der Waals surface area contributed by atoms with Crippen LogP contribution in [0.4, 0.5) is 0 Å². The Morgan fingerprint density at radius 2 is 2.16 bits per heavy atom. The largest absolute Gasteiger partial charge is 0.308 e. The van der Waals surface area contributed by atoms with Gasteiger partial charge in [-0.1, -0.05) is 0 Å². The standard InChI is InChI=1S/C16H26N2S/c1-11-9-17-16(4,14-6-7-14)10-18(11)13(3)15-8-5-12(2)19-15/h5,8,11,13-14,17H,6-7,9-10H2,1-4H3. The van der Waals surface area contributed by atoms with Crippen molar-refractivity contribution in [2.24, 2.45) is 5.92 Å². The maximum absolute atomic E-state index is 3.81. The molecule has 1 N–H and O–H groups in total. The van der Waals surface area contributed by atoms with Crippen molar-refractivity contribution in [2.45, 2.75) is 58.2 Å². The van der Waals surface area contributed by atoms with E-state index in [1.54, 1.807) is 0 Å². The molecule has 2 aliphatic rings. The molecule has 1 aromatic rings. The van der Waals surface area contributed by atoms with Crippen LogP contribution < -0.4 is 5.32 Å². The average Bonchev–Trinajstić information content (AvgIpc) is 3.15. The second-order valence-corrected chi connectivity index (χ2v) is 8.04. The third-order valence-corrected chi connectivity index (χ3v) is 6.20. The Balaban J connectivity index is 1.77. The van der Waals surface area contributed by atoms with Crippen molar-refractivity contribution in [1.29, 1.82) is 0 Å². The molecule has 1 aliphatic carbocycles. The van der Waals surface area contributed by atoms with Crippen molar-refractivity contribution in [2.75, 3.05) is 13.1 Å². The molecule has 3 rings (SSSR count). The molecule has 2 fully saturated rings. The van der Waals surface area contributed by atoms with Crippen LogP contribution in [0.25, 0.3) is 0 Å². The molecule has 2 nitrogen and oxygen atoms in total. The van der Waals surface area contributed by atoms with Gasteiger partial charge in [0.25, 0.3) is 0 Å². The highest BCUT2D eigenvalue weighted by atomic mass is 32.1. The van der Waals surface area contributed by atoms with E-state index >= 15 is 0 Å². The van der Waals surface area contributed by atoms with Crippen LogP contribution >= 0.6 is 11.3 Å². The van der Waals surface area contributed by atoms with E-state index in [1.165, 1.54) is 29.1 Å². The summed E-state index contributed by atoms with van der Waals surface area (Å²) in [6, 6.07) is 5.75. The lowest BCUT2D eigenvalue weighted by molar-refractivity contribution is 0.0528. The first-order chi connectivity index (χ1) is 8.99. The maximum atomic E-state index is 3.81. The number of hydrogen-bond acceptors (Lipinski definition) is 3. The molecule has 3 atom stereocenters. The topological polar surface area (TPSA) is 15.3 Å². The average molecular weight is 278 g/mol. The highest BCUT2D eigenvalue weighted by Crippen LogP contribution is 2.43. The highest BCUT2D eigenvalue weighted by Gasteiger charge is 2.46. The van der Waals surface area contributed by atoms with Gasteiger partial charge in [0.2, 0.25) is 0 Å². The molecule has 1 aromatic heterocycles. The minimum atomic E-state index is 0.340.